The van der Waals surface area contributed by atoms with E-state index in [0.29, 0.717) is 5.82 Å². The van der Waals surface area contributed by atoms with Gasteiger partial charge in [-0.25, -0.2) is 19.9 Å². The molecule has 0 radical (unpaired) electrons. The van der Waals surface area contributed by atoms with Gasteiger partial charge in [-0.05, 0) is 36.4 Å². The summed E-state index contributed by atoms with van der Waals surface area (Å²) >= 11 is 0. The maximum Gasteiger partial charge on any atom is 0.220 e. The third kappa shape index (κ3) is 3.79. The van der Waals surface area contributed by atoms with E-state index in [4.69, 9.17) is 15.5 Å². The summed E-state index contributed by atoms with van der Waals surface area (Å²) in [6.45, 7) is 3.36. The van der Waals surface area contributed by atoms with Gasteiger partial charge in [0.1, 0.15) is 0 Å². The molecule has 1 aliphatic rings. The van der Waals surface area contributed by atoms with Gasteiger partial charge in [0.05, 0.1) is 24.4 Å². The Morgan fingerprint density at radius 2 is 1.82 bits per heavy atom. The van der Waals surface area contributed by atoms with Gasteiger partial charge in [0.25, 0.3) is 0 Å². The molecule has 3 N–H and O–H groups in total. The van der Waals surface area contributed by atoms with E-state index in [2.05, 4.69) is 49.4 Å². The Kier molecular flexibility index (Phi) is 4.73. The predicted octanol–water partition coefficient (Wildman–Crippen LogP) is 3.50. The fraction of sp³-hybridized carbons (Fsp3) is 0.167. The second-order valence-electron chi connectivity index (χ2n) is 7.91. The number of benzene rings is 2. The topological polar surface area (TPSA) is 106 Å². The quantitative estimate of drug-likeness (QED) is 0.439. The average molecular weight is 438 g/mol. The van der Waals surface area contributed by atoms with Crippen LogP contribution in [0, 0.1) is 0 Å². The predicted molar refractivity (Wildman–Crippen MR) is 129 cm³/mol. The van der Waals surface area contributed by atoms with E-state index in [-0.39, 0.29) is 5.95 Å². The fourth-order valence-electron chi connectivity index (χ4n) is 4.08. The highest BCUT2D eigenvalue weighted by Gasteiger charge is 2.13. The standard InChI is InChI=1S/C24H22N8O/c25-24-27-14-17-13-16(1-6-20(17)30-24)21-15-32-8-7-26-23(32)22(29-21)28-18-2-4-19(5-3-18)31-9-11-33-12-10-31/h1-8,13-15H,9-12H2,(H,28,29)(H2,25,27,30). The minimum absolute atomic E-state index is 0.263. The molecule has 164 valence electrons. The fourth-order valence-corrected chi connectivity index (χ4v) is 4.08. The van der Waals surface area contributed by atoms with Crippen molar-refractivity contribution in [3.05, 3.63) is 67.3 Å². The van der Waals surface area contributed by atoms with Gasteiger partial charge in [0.2, 0.25) is 5.95 Å². The summed E-state index contributed by atoms with van der Waals surface area (Å²) in [4.78, 5) is 20.1. The van der Waals surface area contributed by atoms with Crippen molar-refractivity contribution >= 4 is 39.7 Å². The summed E-state index contributed by atoms with van der Waals surface area (Å²) < 4.78 is 7.42. The summed E-state index contributed by atoms with van der Waals surface area (Å²) in [7, 11) is 0. The molecule has 6 rings (SSSR count). The maximum atomic E-state index is 5.71. The second kappa shape index (κ2) is 8.03. The van der Waals surface area contributed by atoms with Crippen molar-refractivity contribution in [1.29, 1.82) is 0 Å². The van der Waals surface area contributed by atoms with E-state index in [1.807, 2.05) is 35.0 Å². The molecule has 5 aromatic rings. The van der Waals surface area contributed by atoms with Crippen LogP contribution in [0.4, 0.5) is 23.1 Å². The van der Waals surface area contributed by atoms with Crippen LogP contribution < -0.4 is 16.0 Å². The van der Waals surface area contributed by atoms with Gasteiger partial charge >= 0.3 is 0 Å². The molecule has 9 heteroatoms. The lowest BCUT2D eigenvalue weighted by Crippen LogP contribution is -2.36. The number of ether oxygens (including phenoxy) is 1. The minimum atomic E-state index is 0.263. The molecule has 0 amide bonds. The molecular weight excluding hydrogens is 416 g/mol. The zero-order chi connectivity index (χ0) is 22.2. The Balaban J connectivity index is 1.34. The summed E-state index contributed by atoms with van der Waals surface area (Å²) in [5.74, 6) is 0.949. The smallest absolute Gasteiger partial charge is 0.220 e. The van der Waals surface area contributed by atoms with Crippen LogP contribution in [0.25, 0.3) is 27.8 Å². The Labute approximate surface area is 189 Å². The first kappa shape index (κ1) is 19.4. The number of hydrogen-bond donors (Lipinski definition) is 2. The van der Waals surface area contributed by atoms with Crippen molar-refractivity contribution in [3.63, 3.8) is 0 Å². The lowest BCUT2D eigenvalue weighted by atomic mass is 10.1. The number of nitrogens with zero attached hydrogens (tertiary/aromatic N) is 6. The van der Waals surface area contributed by atoms with E-state index >= 15 is 0 Å². The first-order valence-electron chi connectivity index (χ1n) is 10.8. The Bertz CT molecular complexity index is 1440. The summed E-state index contributed by atoms with van der Waals surface area (Å²) in [6, 6.07) is 14.3. The minimum Gasteiger partial charge on any atom is -0.378 e. The number of nitrogens with two attached hydrogens (primary N) is 1. The largest absolute Gasteiger partial charge is 0.378 e. The van der Waals surface area contributed by atoms with Gasteiger partial charge < -0.3 is 25.1 Å². The van der Waals surface area contributed by atoms with E-state index in [1.54, 1.807) is 12.4 Å². The Morgan fingerprint density at radius 3 is 2.67 bits per heavy atom. The first-order chi connectivity index (χ1) is 16.2. The molecule has 2 aromatic carbocycles. The number of imidazole rings is 1. The highest BCUT2D eigenvalue weighted by molar-refractivity contribution is 5.84. The van der Waals surface area contributed by atoms with E-state index in [9.17, 15) is 0 Å². The summed E-state index contributed by atoms with van der Waals surface area (Å²) in [6.07, 6.45) is 7.38. The van der Waals surface area contributed by atoms with Crippen LogP contribution in [-0.2, 0) is 4.74 Å². The summed E-state index contributed by atoms with van der Waals surface area (Å²) in [5, 5.41) is 4.34. The molecule has 0 aliphatic carbocycles. The van der Waals surface area contributed by atoms with Crippen LogP contribution in [0.15, 0.2) is 67.3 Å². The normalized spacial score (nSPS) is 14.1. The molecule has 0 atom stereocenters. The SMILES string of the molecule is Nc1ncc2cc(-c3cn4ccnc4c(Nc4ccc(N5CCOCC5)cc4)n3)ccc2n1. The Morgan fingerprint density at radius 1 is 0.970 bits per heavy atom. The van der Waals surface area contributed by atoms with Crippen molar-refractivity contribution in [2.24, 2.45) is 0 Å². The average Bonchev–Trinajstić information content (AvgIpc) is 3.34. The molecule has 3 aromatic heterocycles. The molecule has 0 saturated carbocycles. The number of aromatic nitrogens is 5. The van der Waals surface area contributed by atoms with Gasteiger partial charge in [-0.2, -0.15) is 0 Å². The molecule has 0 bridgehead atoms. The molecule has 1 saturated heterocycles. The van der Waals surface area contributed by atoms with Gasteiger partial charge in [-0.15, -0.1) is 0 Å². The van der Waals surface area contributed by atoms with Crippen molar-refractivity contribution in [2.45, 2.75) is 0 Å². The number of fused-ring (bicyclic) bond motifs is 2. The van der Waals surface area contributed by atoms with Gasteiger partial charge in [-0.3, -0.25) is 0 Å². The van der Waals surface area contributed by atoms with E-state index in [1.165, 1.54) is 5.69 Å². The van der Waals surface area contributed by atoms with Crippen LogP contribution in [0.5, 0.6) is 0 Å². The molecular formula is C24H22N8O. The number of nitrogens with one attached hydrogen (secondary N) is 1. The Hall–Kier alpha value is -4.24. The highest BCUT2D eigenvalue weighted by atomic mass is 16.5. The first-order valence-corrected chi connectivity index (χ1v) is 10.8. The second-order valence-corrected chi connectivity index (χ2v) is 7.91. The highest BCUT2D eigenvalue weighted by Crippen LogP contribution is 2.27. The van der Waals surface area contributed by atoms with E-state index in [0.717, 1.165) is 59.8 Å². The van der Waals surface area contributed by atoms with Crippen molar-refractivity contribution in [1.82, 2.24) is 24.3 Å². The number of anilines is 4. The maximum absolute atomic E-state index is 5.71. The third-order valence-corrected chi connectivity index (χ3v) is 5.77. The van der Waals surface area contributed by atoms with E-state index < -0.39 is 0 Å². The molecule has 9 nitrogen and oxygen atoms in total. The molecule has 4 heterocycles. The molecule has 1 fully saturated rings. The van der Waals surface area contributed by atoms with Crippen LogP contribution in [0.3, 0.4) is 0 Å². The van der Waals surface area contributed by atoms with Crippen molar-refractivity contribution < 1.29 is 4.74 Å². The van der Waals surface area contributed by atoms with Crippen LogP contribution >= 0.6 is 0 Å². The summed E-state index contributed by atoms with van der Waals surface area (Å²) in [5.41, 5.74) is 11.2. The lowest BCUT2D eigenvalue weighted by Gasteiger charge is -2.28. The lowest BCUT2D eigenvalue weighted by molar-refractivity contribution is 0.122. The number of hydrogen-bond acceptors (Lipinski definition) is 8. The zero-order valence-electron chi connectivity index (χ0n) is 17.8. The number of morpholine rings is 1. The van der Waals surface area contributed by atoms with Gasteiger partial charge in [0.15, 0.2) is 11.5 Å². The van der Waals surface area contributed by atoms with Gasteiger partial charge in [-0.1, -0.05) is 6.07 Å². The zero-order valence-corrected chi connectivity index (χ0v) is 17.8. The van der Waals surface area contributed by atoms with Crippen LogP contribution in [-0.4, -0.2) is 50.6 Å². The monoisotopic (exact) mass is 438 g/mol. The molecule has 33 heavy (non-hydrogen) atoms. The van der Waals surface area contributed by atoms with Crippen LogP contribution in [0.1, 0.15) is 0 Å². The molecule has 0 spiro atoms. The third-order valence-electron chi connectivity index (χ3n) is 5.77. The van der Waals surface area contributed by atoms with Crippen molar-refractivity contribution in [3.8, 4) is 11.3 Å². The van der Waals surface area contributed by atoms with Crippen LogP contribution in [0.2, 0.25) is 0 Å². The molecule has 1 aliphatic heterocycles. The molecule has 0 unspecified atom stereocenters. The number of nitrogen functional groups attached to an aromatic ring is 1. The number of rotatable bonds is 4. The van der Waals surface area contributed by atoms with Crippen molar-refractivity contribution in [2.75, 3.05) is 42.3 Å². The van der Waals surface area contributed by atoms with Gasteiger partial charge in [0, 0.05) is 60.2 Å².